The van der Waals surface area contributed by atoms with Crippen LogP contribution in [0.1, 0.15) is 17.2 Å². The number of rotatable bonds is 4. The Labute approximate surface area is 136 Å². The van der Waals surface area contributed by atoms with Crippen LogP contribution >= 0.6 is 39.1 Å². The van der Waals surface area contributed by atoms with Crippen molar-refractivity contribution in [2.75, 3.05) is 7.05 Å². The molecule has 2 aromatic rings. The molecule has 0 radical (unpaired) electrons. The third kappa shape index (κ3) is 3.73. The highest BCUT2D eigenvalue weighted by Gasteiger charge is 2.15. The van der Waals surface area contributed by atoms with E-state index in [0.29, 0.717) is 20.9 Å². The van der Waals surface area contributed by atoms with Crippen molar-refractivity contribution in [1.29, 1.82) is 0 Å². The van der Waals surface area contributed by atoms with E-state index in [4.69, 9.17) is 23.2 Å². The van der Waals surface area contributed by atoms with Gasteiger partial charge in [-0.3, -0.25) is 0 Å². The normalized spacial score (nSPS) is 12.4. The Morgan fingerprint density at radius 2 is 1.95 bits per heavy atom. The molecule has 1 nitrogen and oxygen atoms in total. The molecule has 0 aromatic heterocycles. The van der Waals surface area contributed by atoms with Gasteiger partial charge in [0.25, 0.3) is 0 Å². The van der Waals surface area contributed by atoms with Gasteiger partial charge in [0.1, 0.15) is 5.82 Å². The van der Waals surface area contributed by atoms with E-state index in [1.807, 2.05) is 13.1 Å². The lowest BCUT2D eigenvalue weighted by Crippen LogP contribution is -2.19. The molecule has 0 heterocycles. The maximum absolute atomic E-state index is 13.3. The first-order chi connectivity index (χ1) is 9.51. The van der Waals surface area contributed by atoms with E-state index in [0.717, 1.165) is 11.1 Å². The molecule has 0 aliphatic heterocycles. The van der Waals surface area contributed by atoms with Crippen molar-refractivity contribution in [3.05, 3.63) is 67.9 Å². The lowest BCUT2D eigenvalue weighted by atomic mass is 9.99. The SMILES string of the molecule is CNC(Cc1ccc(F)c(Br)c1)c1cc(Cl)ccc1Cl. The van der Waals surface area contributed by atoms with Gasteiger partial charge in [-0.2, -0.15) is 0 Å². The van der Waals surface area contributed by atoms with Gasteiger partial charge < -0.3 is 5.32 Å². The van der Waals surface area contributed by atoms with Gasteiger partial charge in [0.2, 0.25) is 0 Å². The molecule has 20 heavy (non-hydrogen) atoms. The average molecular weight is 377 g/mol. The van der Waals surface area contributed by atoms with Gasteiger partial charge in [0.05, 0.1) is 4.47 Å². The maximum Gasteiger partial charge on any atom is 0.137 e. The quantitative estimate of drug-likeness (QED) is 0.753. The summed E-state index contributed by atoms with van der Waals surface area (Å²) in [4.78, 5) is 0. The highest BCUT2D eigenvalue weighted by atomic mass is 79.9. The predicted octanol–water partition coefficient (Wildman–Crippen LogP) is 5.40. The summed E-state index contributed by atoms with van der Waals surface area (Å²) in [6.07, 6.45) is 0.690. The summed E-state index contributed by atoms with van der Waals surface area (Å²) in [6, 6.07) is 10.4. The van der Waals surface area contributed by atoms with E-state index in [9.17, 15) is 4.39 Å². The Kier molecular flexibility index (Phi) is 5.44. The zero-order valence-corrected chi connectivity index (χ0v) is 13.9. The predicted molar refractivity (Wildman–Crippen MR) is 86.1 cm³/mol. The topological polar surface area (TPSA) is 12.0 Å². The summed E-state index contributed by atoms with van der Waals surface area (Å²) >= 11 is 15.4. The smallest absolute Gasteiger partial charge is 0.137 e. The lowest BCUT2D eigenvalue weighted by molar-refractivity contribution is 0.588. The molecule has 0 amide bonds. The van der Waals surface area contributed by atoms with Crippen LogP contribution in [0, 0.1) is 5.82 Å². The van der Waals surface area contributed by atoms with Crippen LogP contribution in [-0.2, 0) is 6.42 Å². The monoisotopic (exact) mass is 375 g/mol. The largest absolute Gasteiger partial charge is 0.313 e. The van der Waals surface area contributed by atoms with Crippen LogP contribution in [-0.4, -0.2) is 7.05 Å². The van der Waals surface area contributed by atoms with Crippen molar-refractivity contribution in [3.8, 4) is 0 Å². The van der Waals surface area contributed by atoms with Gasteiger partial charge in [-0.05, 0) is 70.9 Å². The van der Waals surface area contributed by atoms with Gasteiger partial charge >= 0.3 is 0 Å². The van der Waals surface area contributed by atoms with E-state index in [2.05, 4.69) is 21.2 Å². The Hall–Kier alpha value is -0.610. The van der Waals surface area contributed by atoms with Crippen LogP contribution in [0.2, 0.25) is 10.0 Å². The van der Waals surface area contributed by atoms with Crippen molar-refractivity contribution in [2.24, 2.45) is 0 Å². The first-order valence-corrected chi connectivity index (χ1v) is 7.62. The number of hydrogen-bond donors (Lipinski definition) is 1. The molecule has 1 N–H and O–H groups in total. The molecule has 106 valence electrons. The minimum Gasteiger partial charge on any atom is -0.313 e. The second kappa shape index (κ2) is 6.90. The Morgan fingerprint density at radius 3 is 2.60 bits per heavy atom. The summed E-state index contributed by atoms with van der Waals surface area (Å²) in [5.41, 5.74) is 1.94. The molecule has 2 rings (SSSR count). The lowest BCUT2D eigenvalue weighted by Gasteiger charge is -2.18. The highest BCUT2D eigenvalue weighted by molar-refractivity contribution is 9.10. The third-order valence-electron chi connectivity index (χ3n) is 3.11. The van der Waals surface area contributed by atoms with E-state index >= 15 is 0 Å². The Morgan fingerprint density at radius 1 is 1.20 bits per heavy atom. The van der Waals surface area contributed by atoms with Crippen molar-refractivity contribution < 1.29 is 4.39 Å². The summed E-state index contributed by atoms with van der Waals surface area (Å²) in [5, 5.41) is 4.52. The molecule has 0 aliphatic rings. The summed E-state index contributed by atoms with van der Waals surface area (Å²) in [6.45, 7) is 0. The van der Waals surface area contributed by atoms with Crippen LogP contribution in [0.25, 0.3) is 0 Å². The second-order valence-electron chi connectivity index (χ2n) is 4.46. The van der Waals surface area contributed by atoms with Crippen LogP contribution < -0.4 is 5.32 Å². The zero-order chi connectivity index (χ0) is 14.7. The molecular formula is C15H13BrCl2FN. The second-order valence-corrected chi connectivity index (χ2v) is 6.16. The molecule has 0 bridgehead atoms. The molecule has 5 heteroatoms. The molecule has 1 unspecified atom stereocenters. The minimum atomic E-state index is -0.268. The van der Waals surface area contributed by atoms with Gasteiger partial charge in [0, 0.05) is 16.1 Å². The molecule has 2 aromatic carbocycles. The van der Waals surface area contributed by atoms with E-state index in [1.54, 1.807) is 24.3 Å². The van der Waals surface area contributed by atoms with E-state index in [1.165, 1.54) is 6.07 Å². The van der Waals surface area contributed by atoms with Crippen molar-refractivity contribution in [1.82, 2.24) is 5.32 Å². The van der Waals surface area contributed by atoms with Gasteiger partial charge in [0.15, 0.2) is 0 Å². The van der Waals surface area contributed by atoms with Crippen LogP contribution in [0.4, 0.5) is 4.39 Å². The number of hydrogen-bond acceptors (Lipinski definition) is 1. The first-order valence-electron chi connectivity index (χ1n) is 6.07. The molecule has 0 aliphatic carbocycles. The summed E-state index contributed by atoms with van der Waals surface area (Å²) < 4.78 is 13.7. The number of benzene rings is 2. The van der Waals surface area contributed by atoms with E-state index < -0.39 is 0 Å². The zero-order valence-electron chi connectivity index (χ0n) is 10.8. The third-order valence-corrected chi connectivity index (χ3v) is 4.29. The Bertz CT molecular complexity index is 619. The van der Waals surface area contributed by atoms with Gasteiger partial charge in [-0.1, -0.05) is 29.3 Å². The van der Waals surface area contributed by atoms with Crippen molar-refractivity contribution in [3.63, 3.8) is 0 Å². The molecule has 0 saturated carbocycles. The molecular weight excluding hydrogens is 364 g/mol. The van der Waals surface area contributed by atoms with Crippen molar-refractivity contribution >= 4 is 39.1 Å². The van der Waals surface area contributed by atoms with E-state index in [-0.39, 0.29) is 11.9 Å². The van der Waals surface area contributed by atoms with Gasteiger partial charge in [-0.25, -0.2) is 4.39 Å². The molecule has 0 saturated heterocycles. The fourth-order valence-corrected chi connectivity index (χ4v) is 2.91. The molecule has 0 spiro atoms. The van der Waals surface area contributed by atoms with Crippen LogP contribution in [0.3, 0.4) is 0 Å². The number of halogens is 4. The van der Waals surface area contributed by atoms with Crippen molar-refractivity contribution in [2.45, 2.75) is 12.5 Å². The molecule has 0 fully saturated rings. The van der Waals surface area contributed by atoms with Crippen LogP contribution in [0.5, 0.6) is 0 Å². The summed E-state index contributed by atoms with van der Waals surface area (Å²) in [7, 11) is 1.86. The minimum absolute atomic E-state index is 0.0126. The fourth-order valence-electron chi connectivity index (χ4n) is 2.05. The number of nitrogens with one attached hydrogen (secondary N) is 1. The average Bonchev–Trinajstić information content (AvgIpc) is 2.43. The highest BCUT2D eigenvalue weighted by Crippen LogP contribution is 2.29. The molecule has 1 atom stereocenters. The first kappa shape index (κ1) is 15.8. The number of likely N-dealkylation sites (N-methyl/N-ethyl adjacent to an activating group) is 1. The van der Waals surface area contributed by atoms with Crippen LogP contribution in [0.15, 0.2) is 40.9 Å². The summed E-state index contributed by atoms with van der Waals surface area (Å²) in [5.74, 6) is -0.268. The standard InChI is InChI=1S/C15H13BrCl2FN/c1-20-15(11-8-10(17)3-4-13(11)18)7-9-2-5-14(19)12(16)6-9/h2-6,8,15,20H,7H2,1H3. The Balaban J connectivity index is 2.28. The van der Waals surface area contributed by atoms with Gasteiger partial charge in [-0.15, -0.1) is 0 Å². The fraction of sp³-hybridized carbons (Fsp3) is 0.200. The maximum atomic E-state index is 13.3.